The topological polar surface area (TPSA) is 0 Å². The van der Waals surface area contributed by atoms with E-state index in [1.54, 1.807) is 0 Å². The van der Waals surface area contributed by atoms with Crippen molar-refractivity contribution in [1.29, 1.82) is 0 Å². The molecule has 0 aliphatic rings. The minimum atomic E-state index is -2.26. The van der Waals surface area contributed by atoms with Crippen LogP contribution in [0.15, 0.2) is 30.3 Å². The molecule has 0 bridgehead atoms. The maximum atomic E-state index is 6.35. The minimum Gasteiger partial charge on any atom is -0.146 e. The molecule has 0 radical (unpaired) electrons. The average Bonchev–Trinajstić information content (AvgIpc) is 2.27. The Kier molecular flexibility index (Phi) is 7.56. The molecule has 1 aromatic carbocycles. The van der Waals surface area contributed by atoms with Gasteiger partial charge < -0.3 is 0 Å². The van der Waals surface area contributed by atoms with Crippen molar-refractivity contribution < 1.29 is 0 Å². The van der Waals surface area contributed by atoms with E-state index in [0.717, 1.165) is 18.9 Å². The monoisotopic (exact) mass is 382 g/mol. The van der Waals surface area contributed by atoms with E-state index in [1.807, 2.05) is 18.2 Å². The predicted octanol–water partition coefficient (Wildman–Crippen LogP) is 6.81. The molecular formula is C11H15Cl5SSi. The lowest BCUT2D eigenvalue weighted by Gasteiger charge is -2.21. The van der Waals surface area contributed by atoms with Gasteiger partial charge in [-0.2, -0.15) is 0 Å². The summed E-state index contributed by atoms with van der Waals surface area (Å²) in [6, 6.07) is 11.8. The Morgan fingerprint density at radius 3 is 2.11 bits per heavy atom. The standard InChI is InChI=1S/C11H15Cl5SSi/c12-17(13,14)8-10-18(15,16)9-4-7-11-5-2-1-3-6-11/h1-3,5-6H,4,7-10H2. The molecule has 0 aromatic heterocycles. The highest BCUT2D eigenvalue weighted by Crippen LogP contribution is 2.64. The Morgan fingerprint density at radius 1 is 0.944 bits per heavy atom. The van der Waals surface area contributed by atoms with Crippen LogP contribution in [0.1, 0.15) is 12.0 Å². The number of halogens is 5. The van der Waals surface area contributed by atoms with Crippen molar-refractivity contribution in [2.24, 2.45) is 0 Å². The van der Waals surface area contributed by atoms with Crippen LogP contribution in [0.25, 0.3) is 0 Å². The van der Waals surface area contributed by atoms with Gasteiger partial charge in [-0.3, -0.25) is 0 Å². The molecule has 0 saturated heterocycles. The van der Waals surface area contributed by atoms with Crippen molar-refractivity contribution >= 4 is 68.6 Å². The van der Waals surface area contributed by atoms with Crippen LogP contribution >= 0.6 is 61.9 Å². The first-order valence-electron chi connectivity index (χ1n) is 5.60. The summed E-state index contributed by atoms with van der Waals surface area (Å²) in [5, 5.41) is 0. The first-order valence-corrected chi connectivity index (χ1v) is 14.3. The zero-order chi connectivity index (χ0) is 13.6. The van der Waals surface area contributed by atoms with Gasteiger partial charge in [-0.05, 0) is 70.2 Å². The van der Waals surface area contributed by atoms with Gasteiger partial charge in [-0.25, -0.2) is 0 Å². The van der Waals surface area contributed by atoms with Crippen LogP contribution in [-0.4, -0.2) is 12.4 Å². The van der Waals surface area contributed by atoms with Crippen LogP contribution in [0.2, 0.25) is 12.1 Å². The van der Waals surface area contributed by atoms with Crippen LogP contribution in [-0.2, 0) is 6.42 Å². The summed E-state index contributed by atoms with van der Waals surface area (Å²) in [6.45, 7) is -2.26. The molecule has 0 atom stereocenters. The Morgan fingerprint density at radius 2 is 1.56 bits per heavy atom. The van der Waals surface area contributed by atoms with Crippen molar-refractivity contribution in [1.82, 2.24) is 0 Å². The average molecular weight is 385 g/mol. The smallest absolute Gasteiger partial charge is 0.146 e. The quantitative estimate of drug-likeness (QED) is 0.358. The van der Waals surface area contributed by atoms with Gasteiger partial charge in [0.15, 0.2) is 0 Å². The fourth-order valence-corrected chi connectivity index (χ4v) is 8.92. The van der Waals surface area contributed by atoms with E-state index in [4.69, 9.17) is 54.2 Å². The third-order valence-electron chi connectivity index (χ3n) is 2.55. The van der Waals surface area contributed by atoms with Gasteiger partial charge >= 0.3 is 0 Å². The normalized spacial score (nSPS) is 13.6. The van der Waals surface area contributed by atoms with Crippen LogP contribution in [0, 0.1) is 0 Å². The third kappa shape index (κ3) is 8.42. The zero-order valence-electron chi connectivity index (χ0n) is 9.72. The highest BCUT2D eigenvalue weighted by Gasteiger charge is 2.30. The van der Waals surface area contributed by atoms with Gasteiger partial charge in [0.1, 0.15) is 0 Å². The second kappa shape index (κ2) is 7.87. The molecule has 0 unspecified atom stereocenters. The van der Waals surface area contributed by atoms with Crippen molar-refractivity contribution in [3.05, 3.63) is 35.9 Å². The van der Waals surface area contributed by atoms with Crippen molar-refractivity contribution in [2.45, 2.75) is 24.9 Å². The molecule has 0 aliphatic heterocycles. The molecule has 1 aromatic rings. The molecule has 18 heavy (non-hydrogen) atoms. The highest BCUT2D eigenvalue weighted by atomic mass is 36.2. The van der Waals surface area contributed by atoms with Gasteiger partial charge in [-0.1, -0.05) is 30.3 Å². The van der Waals surface area contributed by atoms with E-state index in [1.165, 1.54) is 5.56 Å². The molecule has 1 rings (SSSR count). The minimum absolute atomic E-state index is 0.502. The molecular weight excluding hydrogens is 370 g/mol. The maximum Gasteiger partial charge on any atom is 0.252 e. The molecule has 7 heteroatoms. The van der Waals surface area contributed by atoms with Crippen LogP contribution < -0.4 is 0 Å². The SMILES string of the molecule is Cl[Si](Cl)(CCCc1ccccc1)CCS(Cl)(Cl)Cl. The maximum absolute atomic E-state index is 6.35. The van der Waals surface area contributed by atoms with Crippen molar-refractivity contribution in [3.63, 3.8) is 0 Å². The largest absolute Gasteiger partial charge is 0.252 e. The van der Waals surface area contributed by atoms with Gasteiger partial charge in [0.05, 0.1) is 0 Å². The summed E-state index contributed by atoms with van der Waals surface area (Å²) in [4.78, 5) is 0. The molecule has 0 heterocycles. The molecule has 0 saturated carbocycles. The van der Waals surface area contributed by atoms with Crippen molar-refractivity contribution in [3.8, 4) is 0 Å². The summed E-state index contributed by atoms with van der Waals surface area (Å²) in [5.74, 6) is 0.502. The lowest BCUT2D eigenvalue weighted by molar-refractivity contribution is 0.908. The molecule has 0 fully saturated rings. The fraction of sp³-hybridized carbons (Fsp3) is 0.455. The van der Waals surface area contributed by atoms with Gasteiger partial charge in [0.2, 0.25) is 0 Å². The van der Waals surface area contributed by atoms with E-state index in [-0.39, 0.29) is 0 Å². The predicted molar refractivity (Wildman–Crippen MR) is 91.9 cm³/mol. The third-order valence-corrected chi connectivity index (χ3v) is 9.30. The number of aryl methyl sites for hydroxylation is 1. The zero-order valence-corrected chi connectivity index (χ0v) is 15.3. The lowest BCUT2D eigenvalue weighted by Crippen LogP contribution is -2.20. The molecule has 0 aliphatic carbocycles. The second-order valence-electron chi connectivity index (χ2n) is 4.15. The molecule has 0 nitrogen and oxygen atoms in total. The highest BCUT2D eigenvalue weighted by molar-refractivity contribution is 8.79. The van der Waals surface area contributed by atoms with E-state index >= 15 is 0 Å². The Labute approximate surface area is 134 Å². The summed E-state index contributed by atoms with van der Waals surface area (Å²) in [7, 11) is 15.3. The second-order valence-corrected chi connectivity index (χ2v) is 19.4. The summed E-state index contributed by atoms with van der Waals surface area (Å²) in [6.07, 6.45) is 1.98. The van der Waals surface area contributed by atoms with E-state index in [9.17, 15) is 0 Å². The summed E-state index contributed by atoms with van der Waals surface area (Å²) < 4.78 is 0. The summed E-state index contributed by atoms with van der Waals surface area (Å²) >= 11 is 12.7. The van der Waals surface area contributed by atoms with E-state index in [0.29, 0.717) is 11.8 Å². The first kappa shape index (κ1) is 17.3. The molecule has 0 spiro atoms. The summed E-state index contributed by atoms with van der Waals surface area (Å²) in [5.41, 5.74) is 1.31. The van der Waals surface area contributed by atoms with Gasteiger partial charge in [0.25, 0.3) is 6.69 Å². The van der Waals surface area contributed by atoms with Gasteiger partial charge in [0, 0.05) is 5.75 Å². The Bertz CT molecular complexity index is 352. The van der Waals surface area contributed by atoms with Crippen LogP contribution in [0.3, 0.4) is 0 Å². The Hall–Kier alpha value is 1.24. The lowest BCUT2D eigenvalue weighted by atomic mass is 10.1. The van der Waals surface area contributed by atoms with Crippen LogP contribution in [0.4, 0.5) is 0 Å². The number of hydrogen-bond donors (Lipinski definition) is 0. The van der Waals surface area contributed by atoms with E-state index in [2.05, 4.69) is 12.1 Å². The first-order chi connectivity index (χ1) is 8.29. The molecule has 0 N–H and O–H groups in total. The van der Waals surface area contributed by atoms with E-state index < -0.39 is 14.4 Å². The number of rotatable bonds is 7. The van der Waals surface area contributed by atoms with Crippen LogP contribution in [0.5, 0.6) is 0 Å². The number of hydrogen-bond acceptors (Lipinski definition) is 0. The van der Waals surface area contributed by atoms with Gasteiger partial charge in [-0.15, -0.1) is 22.2 Å². The molecule has 104 valence electrons. The van der Waals surface area contributed by atoms with Crippen molar-refractivity contribution in [2.75, 3.05) is 5.75 Å². The Balaban J connectivity index is 2.29. The number of benzene rings is 1. The molecule has 0 amide bonds. The fourth-order valence-electron chi connectivity index (χ4n) is 1.59.